The van der Waals surface area contributed by atoms with E-state index in [1.165, 1.54) is 6.42 Å². The summed E-state index contributed by atoms with van der Waals surface area (Å²) < 4.78 is 11.1. The molecule has 0 saturated carbocycles. The van der Waals surface area contributed by atoms with Gasteiger partial charge in [0, 0.05) is 24.6 Å². The van der Waals surface area contributed by atoms with Crippen molar-refractivity contribution in [3.8, 4) is 10.6 Å². The number of carbonyl (C=O) groups is 1. The third-order valence-electron chi connectivity index (χ3n) is 4.20. The maximum absolute atomic E-state index is 12.2. The standard InChI is InChI=1S/C19H24N2O3S/c1-21(18(22)13-23-12-17-9-5-6-10-24-17)11-16-14-25-19(20-16)15-7-3-2-4-8-15/h2-4,7-8,14,17H,5-6,9-13H2,1H3. The van der Waals surface area contributed by atoms with E-state index >= 15 is 0 Å². The average Bonchev–Trinajstić information content (AvgIpc) is 3.12. The number of likely N-dealkylation sites (N-methyl/N-ethyl adjacent to an activating group) is 1. The van der Waals surface area contributed by atoms with Gasteiger partial charge in [0.15, 0.2) is 0 Å². The van der Waals surface area contributed by atoms with Crippen LogP contribution < -0.4 is 0 Å². The minimum Gasteiger partial charge on any atom is -0.376 e. The summed E-state index contributed by atoms with van der Waals surface area (Å²) in [5, 5.41) is 2.98. The van der Waals surface area contributed by atoms with Gasteiger partial charge in [-0.25, -0.2) is 4.98 Å². The first-order chi connectivity index (χ1) is 12.2. The lowest BCUT2D eigenvalue weighted by atomic mass is 10.1. The summed E-state index contributed by atoms with van der Waals surface area (Å²) in [6, 6.07) is 10.1. The third kappa shape index (κ3) is 5.36. The van der Waals surface area contributed by atoms with Crippen molar-refractivity contribution in [1.29, 1.82) is 0 Å². The van der Waals surface area contributed by atoms with Gasteiger partial charge in [0.2, 0.25) is 5.91 Å². The van der Waals surface area contributed by atoms with Gasteiger partial charge in [-0.1, -0.05) is 30.3 Å². The lowest BCUT2D eigenvalue weighted by Crippen LogP contribution is -2.32. The Hall–Kier alpha value is -1.76. The fraction of sp³-hybridized carbons (Fsp3) is 0.474. The van der Waals surface area contributed by atoms with E-state index in [1.807, 2.05) is 35.7 Å². The van der Waals surface area contributed by atoms with Gasteiger partial charge in [-0.05, 0) is 19.3 Å². The summed E-state index contributed by atoms with van der Waals surface area (Å²) in [7, 11) is 1.78. The molecule has 1 aliphatic rings. The average molecular weight is 360 g/mol. The normalized spacial score (nSPS) is 17.4. The van der Waals surface area contributed by atoms with Crippen LogP contribution in [-0.4, -0.2) is 48.8 Å². The Bertz CT molecular complexity index is 668. The van der Waals surface area contributed by atoms with Crippen LogP contribution in [0.1, 0.15) is 25.0 Å². The second-order valence-corrected chi connectivity index (χ2v) is 7.12. The predicted octanol–water partition coefficient (Wildman–Crippen LogP) is 3.35. The van der Waals surface area contributed by atoms with Crippen molar-refractivity contribution in [3.63, 3.8) is 0 Å². The van der Waals surface area contributed by atoms with Crippen LogP contribution in [0.5, 0.6) is 0 Å². The van der Waals surface area contributed by atoms with Gasteiger partial charge in [-0.3, -0.25) is 4.79 Å². The SMILES string of the molecule is CN(Cc1csc(-c2ccccc2)n1)C(=O)COCC1CCCCO1. The van der Waals surface area contributed by atoms with Crippen LogP contribution in [0.4, 0.5) is 0 Å². The van der Waals surface area contributed by atoms with E-state index in [0.717, 1.165) is 35.7 Å². The first-order valence-electron chi connectivity index (χ1n) is 8.65. The lowest BCUT2D eigenvalue weighted by molar-refractivity contribution is -0.137. The molecule has 25 heavy (non-hydrogen) atoms. The minimum atomic E-state index is -0.0370. The zero-order valence-electron chi connectivity index (χ0n) is 14.5. The molecule has 1 aliphatic heterocycles. The molecule has 1 saturated heterocycles. The van der Waals surface area contributed by atoms with Crippen LogP contribution >= 0.6 is 11.3 Å². The number of carbonyl (C=O) groups excluding carboxylic acids is 1. The highest BCUT2D eigenvalue weighted by Gasteiger charge is 2.16. The van der Waals surface area contributed by atoms with E-state index < -0.39 is 0 Å². The summed E-state index contributed by atoms with van der Waals surface area (Å²) in [6.07, 6.45) is 3.45. The van der Waals surface area contributed by atoms with Gasteiger partial charge in [0.1, 0.15) is 11.6 Å². The molecular weight excluding hydrogens is 336 g/mol. The van der Waals surface area contributed by atoms with Gasteiger partial charge in [-0.15, -0.1) is 11.3 Å². The number of hydrogen-bond donors (Lipinski definition) is 0. The molecule has 2 heterocycles. The summed E-state index contributed by atoms with van der Waals surface area (Å²) in [5.74, 6) is -0.0370. The van der Waals surface area contributed by atoms with E-state index in [1.54, 1.807) is 23.3 Å². The van der Waals surface area contributed by atoms with Crippen LogP contribution in [-0.2, 0) is 20.8 Å². The number of benzene rings is 1. The van der Waals surface area contributed by atoms with E-state index in [0.29, 0.717) is 13.2 Å². The van der Waals surface area contributed by atoms with Crippen molar-refractivity contribution in [3.05, 3.63) is 41.4 Å². The molecule has 3 rings (SSSR count). The molecule has 0 radical (unpaired) electrons. The van der Waals surface area contributed by atoms with Crippen LogP contribution in [0.3, 0.4) is 0 Å². The summed E-state index contributed by atoms with van der Waals surface area (Å²) in [5.41, 5.74) is 2.00. The molecule has 0 bridgehead atoms. The Morgan fingerprint density at radius 2 is 2.20 bits per heavy atom. The van der Waals surface area contributed by atoms with E-state index in [2.05, 4.69) is 4.98 Å². The Kier molecular flexibility index (Phi) is 6.55. The highest BCUT2D eigenvalue weighted by atomic mass is 32.1. The molecular formula is C19H24N2O3S. The number of aromatic nitrogens is 1. The zero-order chi connectivity index (χ0) is 17.5. The monoisotopic (exact) mass is 360 g/mol. The lowest BCUT2D eigenvalue weighted by Gasteiger charge is -2.23. The number of ether oxygens (including phenoxy) is 2. The zero-order valence-corrected chi connectivity index (χ0v) is 15.3. The number of hydrogen-bond acceptors (Lipinski definition) is 5. The molecule has 0 aliphatic carbocycles. The predicted molar refractivity (Wildman–Crippen MR) is 98.4 cm³/mol. The van der Waals surface area contributed by atoms with Crippen LogP contribution in [0, 0.1) is 0 Å². The second kappa shape index (κ2) is 9.08. The molecule has 1 aromatic carbocycles. The minimum absolute atomic E-state index is 0.0370. The molecule has 0 N–H and O–H groups in total. The summed E-state index contributed by atoms with van der Waals surface area (Å²) in [4.78, 5) is 18.5. The highest BCUT2D eigenvalue weighted by molar-refractivity contribution is 7.13. The van der Waals surface area contributed by atoms with E-state index in [-0.39, 0.29) is 18.6 Å². The Morgan fingerprint density at radius 1 is 1.36 bits per heavy atom. The van der Waals surface area contributed by atoms with Gasteiger partial charge in [0.05, 0.1) is 24.9 Å². The summed E-state index contributed by atoms with van der Waals surface area (Å²) >= 11 is 1.60. The molecule has 6 heteroatoms. The maximum Gasteiger partial charge on any atom is 0.248 e. The Balaban J connectivity index is 1.44. The highest BCUT2D eigenvalue weighted by Crippen LogP contribution is 2.23. The first-order valence-corrected chi connectivity index (χ1v) is 9.53. The molecule has 1 amide bonds. The molecule has 5 nitrogen and oxygen atoms in total. The van der Waals surface area contributed by atoms with Crippen molar-refractivity contribution in [1.82, 2.24) is 9.88 Å². The molecule has 1 atom stereocenters. The number of amides is 1. The van der Waals surface area contributed by atoms with Crippen LogP contribution in [0.25, 0.3) is 10.6 Å². The van der Waals surface area contributed by atoms with Crippen molar-refractivity contribution in [2.24, 2.45) is 0 Å². The topological polar surface area (TPSA) is 51.7 Å². The third-order valence-corrected chi connectivity index (χ3v) is 5.14. The van der Waals surface area contributed by atoms with Gasteiger partial charge in [-0.2, -0.15) is 0 Å². The summed E-state index contributed by atoms with van der Waals surface area (Å²) in [6.45, 7) is 1.88. The number of rotatable bonds is 7. The van der Waals surface area contributed by atoms with Crippen molar-refractivity contribution in [2.75, 3.05) is 26.9 Å². The second-order valence-electron chi connectivity index (χ2n) is 6.26. The molecule has 2 aromatic rings. The van der Waals surface area contributed by atoms with Gasteiger partial charge < -0.3 is 14.4 Å². The van der Waals surface area contributed by atoms with E-state index in [9.17, 15) is 4.79 Å². The van der Waals surface area contributed by atoms with Crippen molar-refractivity contribution in [2.45, 2.75) is 31.9 Å². The Labute approximate surface area is 152 Å². The van der Waals surface area contributed by atoms with E-state index in [4.69, 9.17) is 9.47 Å². The quantitative estimate of drug-likeness (QED) is 0.760. The number of nitrogens with zero attached hydrogens (tertiary/aromatic N) is 2. The molecule has 1 unspecified atom stereocenters. The number of thiazole rings is 1. The van der Waals surface area contributed by atoms with Crippen molar-refractivity contribution >= 4 is 17.2 Å². The van der Waals surface area contributed by atoms with Crippen molar-refractivity contribution < 1.29 is 14.3 Å². The molecule has 1 aromatic heterocycles. The fourth-order valence-electron chi connectivity index (χ4n) is 2.75. The van der Waals surface area contributed by atoms with Gasteiger partial charge >= 0.3 is 0 Å². The van der Waals surface area contributed by atoms with Crippen LogP contribution in [0.2, 0.25) is 0 Å². The first kappa shape index (κ1) is 18.0. The molecule has 1 fully saturated rings. The van der Waals surface area contributed by atoms with Gasteiger partial charge in [0.25, 0.3) is 0 Å². The Morgan fingerprint density at radius 3 is 2.96 bits per heavy atom. The van der Waals surface area contributed by atoms with Crippen LogP contribution in [0.15, 0.2) is 35.7 Å². The largest absolute Gasteiger partial charge is 0.376 e. The fourth-order valence-corrected chi connectivity index (χ4v) is 3.57. The smallest absolute Gasteiger partial charge is 0.248 e. The maximum atomic E-state index is 12.2. The molecule has 134 valence electrons. The molecule has 0 spiro atoms.